The van der Waals surface area contributed by atoms with E-state index in [1.165, 1.54) is 77.2 Å². The predicted octanol–water partition coefficient (Wildman–Crippen LogP) is 6.32. The summed E-state index contributed by atoms with van der Waals surface area (Å²) in [6.45, 7) is 12.9. The molecule has 0 amide bonds. The average molecular weight is 296 g/mol. The molecular weight excluding hydrogens is 254 g/mol. The van der Waals surface area contributed by atoms with E-state index in [4.69, 9.17) is 0 Å². The fraction of sp³-hybridized carbons (Fsp3) is 1.00. The molecule has 0 spiro atoms. The first-order valence-corrected chi connectivity index (χ1v) is 9.62. The Kier molecular flexibility index (Phi) is 8.31. The van der Waals surface area contributed by atoms with Crippen molar-refractivity contribution in [3.63, 3.8) is 0 Å². The van der Waals surface area contributed by atoms with Gasteiger partial charge in [-0.1, -0.05) is 65.2 Å². The van der Waals surface area contributed by atoms with Crippen LogP contribution in [0.1, 0.15) is 105 Å². The summed E-state index contributed by atoms with van der Waals surface area (Å²) in [5.74, 6) is 0.997. The lowest BCUT2D eigenvalue weighted by atomic mass is 9.79. The molecule has 1 N–H and O–H groups in total. The van der Waals surface area contributed by atoms with E-state index in [0.717, 1.165) is 5.92 Å². The van der Waals surface area contributed by atoms with Gasteiger partial charge in [-0.2, -0.15) is 0 Å². The zero-order chi connectivity index (χ0) is 15.8. The van der Waals surface area contributed by atoms with Crippen LogP contribution in [0.25, 0.3) is 0 Å². The van der Waals surface area contributed by atoms with E-state index in [1.807, 2.05) is 0 Å². The van der Waals surface area contributed by atoms with Crippen LogP contribution < -0.4 is 5.32 Å². The summed E-state index contributed by atoms with van der Waals surface area (Å²) in [5.41, 5.74) is 0.810. The Balaban J connectivity index is 2.13. The predicted molar refractivity (Wildman–Crippen MR) is 95.8 cm³/mol. The minimum Gasteiger partial charge on any atom is -0.312 e. The van der Waals surface area contributed by atoms with Crippen LogP contribution in [-0.4, -0.2) is 12.1 Å². The Morgan fingerprint density at radius 1 is 0.810 bits per heavy atom. The molecule has 1 saturated carbocycles. The van der Waals surface area contributed by atoms with E-state index in [9.17, 15) is 0 Å². The molecule has 21 heavy (non-hydrogen) atoms. The van der Waals surface area contributed by atoms with Gasteiger partial charge in [-0.3, -0.25) is 0 Å². The van der Waals surface area contributed by atoms with Crippen molar-refractivity contribution in [2.24, 2.45) is 11.3 Å². The monoisotopic (exact) mass is 295 g/mol. The topological polar surface area (TPSA) is 12.0 Å². The number of unbranched alkanes of at least 4 members (excludes halogenated alkanes) is 7. The molecule has 0 heterocycles. The van der Waals surface area contributed by atoms with Gasteiger partial charge in [0, 0.05) is 12.1 Å². The standard InChI is InChI=1S/C20H41N/c1-6-7-8-9-10-11-12-13-16-20(5,18-14-15-18)17-21-19(2,3)4/h18,21H,6-17H2,1-5H3. The molecule has 0 aliphatic heterocycles. The molecule has 1 fully saturated rings. The highest BCUT2D eigenvalue weighted by molar-refractivity contribution is 4.93. The lowest BCUT2D eigenvalue weighted by molar-refractivity contribution is 0.205. The highest BCUT2D eigenvalue weighted by Crippen LogP contribution is 2.48. The molecule has 1 aliphatic carbocycles. The van der Waals surface area contributed by atoms with Gasteiger partial charge in [0.05, 0.1) is 0 Å². The van der Waals surface area contributed by atoms with E-state index in [1.54, 1.807) is 0 Å². The average Bonchev–Trinajstić information content (AvgIpc) is 3.23. The van der Waals surface area contributed by atoms with E-state index < -0.39 is 0 Å². The maximum atomic E-state index is 3.76. The molecule has 1 atom stereocenters. The third-order valence-corrected chi connectivity index (χ3v) is 5.19. The van der Waals surface area contributed by atoms with Crippen LogP contribution in [0.15, 0.2) is 0 Å². The first kappa shape index (κ1) is 19.0. The van der Waals surface area contributed by atoms with Crippen LogP contribution in [0, 0.1) is 11.3 Å². The number of nitrogens with one attached hydrogen (secondary N) is 1. The van der Waals surface area contributed by atoms with Gasteiger partial charge < -0.3 is 5.32 Å². The second-order valence-corrected chi connectivity index (χ2v) is 8.76. The minimum absolute atomic E-state index is 0.259. The number of hydrogen-bond acceptors (Lipinski definition) is 1. The van der Waals surface area contributed by atoms with Crippen molar-refractivity contribution in [1.29, 1.82) is 0 Å². The number of hydrogen-bond donors (Lipinski definition) is 1. The van der Waals surface area contributed by atoms with Crippen molar-refractivity contribution < 1.29 is 0 Å². The molecule has 0 radical (unpaired) electrons. The molecule has 0 aromatic carbocycles. The SMILES string of the molecule is CCCCCCCCCCC(C)(CNC(C)(C)C)C1CC1. The van der Waals surface area contributed by atoms with E-state index in [2.05, 4.69) is 39.9 Å². The molecular formula is C20H41N. The smallest absolute Gasteiger partial charge is 0.00967 e. The van der Waals surface area contributed by atoms with E-state index in [0.29, 0.717) is 5.41 Å². The summed E-state index contributed by atoms with van der Waals surface area (Å²) in [5, 5.41) is 3.76. The Morgan fingerprint density at radius 2 is 1.33 bits per heavy atom. The van der Waals surface area contributed by atoms with E-state index in [-0.39, 0.29) is 5.54 Å². The lowest BCUT2D eigenvalue weighted by Crippen LogP contribution is -2.43. The van der Waals surface area contributed by atoms with Gasteiger partial charge >= 0.3 is 0 Å². The summed E-state index contributed by atoms with van der Waals surface area (Å²) >= 11 is 0. The lowest BCUT2D eigenvalue weighted by Gasteiger charge is -2.34. The van der Waals surface area contributed by atoms with Gasteiger partial charge in [-0.15, -0.1) is 0 Å². The van der Waals surface area contributed by atoms with Crippen LogP contribution in [0.2, 0.25) is 0 Å². The fourth-order valence-corrected chi connectivity index (χ4v) is 3.35. The third kappa shape index (κ3) is 8.86. The van der Waals surface area contributed by atoms with Crippen molar-refractivity contribution in [3.05, 3.63) is 0 Å². The second kappa shape index (κ2) is 9.18. The van der Waals surface area contributed by atoms with Gasteiger partial charge in [-0.25, -0.2) is 0 Å². The van der Waals surface area contributed by atoms with Crippen molar-refractivity contribution in [2.75, 3.05) is 6.54 Å². The summed E-state index contributed by atoms with van der Waals surface area (Å²) in [6, 6.07) is 0. The van der Waals surface area contributed by atoms with Gasteiger partial charge in [0.1, 0.15) is 0 Å². The van der Waals surface area contributed by atoms with E-state index >= 15 is 0 Å². The van der Waals surface area contributed by atoms with Crippen molar-refractivity contribution in [1.82, 2.24) is 5.32 Å². The van der Waals surface area contributed by atoms with Crippen LogP contribution in [0.5, 0.6) is 0 Å². The molecule has 1 heteroatoms. The fourth-order valence-electron chi connectivity index (χ4n) is 3.35. The molecule has 1 rings (SSSR count). The third-order valence-electron chi connectivity index (χ3n) is 5.19. The maximum Gasteiger partial charge on any atom is 0.00967 e. The largest absolute Gasteiger partial charge is 0.312 e. The summed E-state index contributed by atoms with van der Waals surface area (Å²) in [7, 11) is 0. The van der Waals surface area contributed by atoms with Gasteiger partial charge in [-0.05, 0) is 51.4 Å². The van der Waals surface area contributed by atoms with Crippen molar-refractivity contribution in [2.45, 2.75) is 111 Å². The van der Waals surface area contributed by atoms with Gasteiger partial charge in [0.2, 0.25) is 0 Å². The van der Waals surface area contributed by atoms with Gasteiger partial charge in [0.25, 0.3) is 0 Å². The number of rotatable bonds is 12. The second-order valence-electron chi connectivity index (χ2n) is 8.76. The Hall–Kier alpha value is -0.0400. The zero-order valence-electron chi connectivity index (χ0n) is 15.6. The first-order chi connectivity index (χ1) is 9.87. The van der Waals surface area contributed by atoms with Crippen LogP contribution in [0.4, 0.5) is 0 Å². The zero-order valence-corrected chi connectivity index (χ0v) is 15.6. The van der Waals surface area contributed by atoms with Crippen molar-refractivity contribution >= 4 is 0 Å². The first-order valence-electron chi connectivity index (χ1n) is 9.62. The summed E-state index contributed by atoms with van der Waals surface area (Å²) < 4.78 is 0. The molecule has 0 aromatic rings. The Morgan fingerprint density at radius 3 is 1.81 bits per heavy atom. The quantitative estimate of drug-likeness (QED) is 0.415. The van der Waals surface area contributed by atoms with Crippen molar-refractivity contribution in [3.8, 4) is 0 Å². The van der Waals surface area contributed by atoms with Crippen LogP contribution >= 0.6 is 0 Å². The highest BCUT2D eigenvalue weighted by Gasteiger charge is 2.40. The normalized spacial score (nSPS) is 18.7. The highest BCUT2D eigenvalue weighted by atomic mass is 15.0. The molecule has 1 nitrogen and oxygen atoms in total. The van der Waals surface area contributed by atoms with Gasteiger partial charge in [0.15, 0.2) is 0 Å². The van der Waals surface area contributed by atoms with Crippen LogP contribution in [-0.2, 0) is 0 Å². The maximum absolute atomic E-state index is 3.76. The Labute approximate surface area is 134 Å². The molecule has 0 saturated heterocycles. The summed E-state index contributed by atoms with van der Waals surface area (Å²) in [4.78, 5) is 0. The Bertz CT molecular complexity index is 262. The molecule has 126 valence electrons. The summed E-state index contributed by atoms with van der Waals surface area (Å²) in [6.07, 6.45) is 15.9. The molecule has 1 unspecified atom stereocenters. The molecule has 0 aromatic heterocycles. The molecule has 0 bridgehead atoms. The van der Waals surface area contributed by atoms with Crippen LogP contribution in [0.3, 0.4) is 0 Å². The minimum atomic E-state index is 0.259. The molecule has 1 aliphatic rings.